The third-order valence-electron chi connectivity index (χ3n) is 3.15. The van der Waals surface area contributed by atoms with Crippen LogP contribution in [-0.2, 0) is 9.68 Å². The summed E-state index contributed by atoms with van der Waals surface area (Å²) in [5.74, 6) is -0.895. The molecule has 0 fully saturated rings. The molecule has 11 nitrogen and oxygen atoms in total. The lowest BCUT2D eigenvalue weighted by Crippen LogP contribution is -2.25. The molecule has 2 aromatic heterocycles. The number of rotatable bonds is 6. The van der Waals surface area contributed by atoms with Crippen molar-refractivity contribution in [2.45, 2.75) is 0 Å². The molecule has 2 aromatic rings. The lowest BCUT2D eigenvalue weighted by Gasteiger charge is -2.14. The fraction of sp³-hybridized carbons (Fsp3) is 0.333. The number of methoxy groups -OCH3 is 2. The first-order valence-electron chi connectivity index (χ1n) is 8.10. The summed E-state index contributed by atoms with van der Waals surface area (Å²) in [5.41, 5.74) is 2.88. The van der Waals surface area contributed by atoms with E-state index in [1.165, 1.54) is 40.6 Å². The van der Waals surface area contributed by atoms with Crippen molar-refractivity contribution in [2.75, 3.05) is 42.5 Å². The van der Waals surface area contributed by atoms with E-state index in [0.717, 1.165) is 5.06 Å². The van der Waals surface area contributed by atoms with Crippen LogP contribution in [0.1, 0.15) is 20.7 Å². The van der Waals surface area contributed by atoms with Crippen LogP contribution in [0.2, 0.25) is 0 Å². The SMILES string of the molecule is CNOC.COc1ncccc1C(=O)N(C)OC.COc1ncccc1C(=O)O.Cl. The molecule has 0 atom stereocenters. The minimum absolute atomic E-state index is 0. The summed E-state index contributed by atoms with van der Waals surface area (Å²) in [6.07, 6.45) is 3.04. The van der Waals surface area contributed by atoms with Gasteiger partial charge < -0.3 is 19.4 Å². The molecule has 2 heterocycles. The van der Waals surface area contributed by atoms with E-state index in [2.05, 4.69) is 20.3 Å². The molecular weight excluding hydrogens is 420 g/mol. The van der Waals surface area contributed by atoms with E-state index >= 15 is 0 Å². The van der Waals surface area contributed by atoms with E-state index in [0.29, 0.717) is 11.4 Å². The van der Waals surface area contributed by atoms with Crippen LogP contribution in [0.25, 0.3) is 0 Å². The fourth-order valence-corrected chi connectivity index (χ4v) is 1.69. The molecule has 2 rings (SSSR count). The van der Waals surface area contributed by atoms with Crippen molar-refractivity contribution >= 4 is 24.3 Å². The molecule has 0 bridgehead atoms. The summed E-state index contributed by atoms with van der Waals surface area (Å²) in [6.45, 7) is 0. The molecule has 0 saturated heterocycles. The van der Waals surface area contributed by atoms with Crippen LogP contribution < -0.4 is 15.0 Å². The quantitative estimate of drug-likeness (QED) is 0.631. The second-order valence-electron chi connectivity index (χ2n) is 4.82. The number of halogens is 1. The van der Waals surface area contributed by atoms with Gasteiger partial charge in [-0.25, -0.2) is 25.3 Å². The van der Waals surface area contributed by atoms with Gasteiger partial charge in [0, 0.05) is 26.5 Å². The first-order valence-corrected chi connectivity index (χ1v) is 8.10. The van der Waals surface area contributed by atoms with Crippen LogP contribution in [0.15, 0.2) is 36.7 Å². The number of aromatic nitrogens is 2. The summed E-state index contributed by atoms with van der Waals surface area (Å²) >= 11 is 0. The van der Waals surface area contributed by atoms with Gasteiger partial charge in [-0.15, -0.1) is 12.4 Å². The van der Waals surface area contributed by atoms with Crippen molar-refractivity contribution in [3.05, 3.63) is 47.8 Å². The van der Waals surface area contributed by atoms with Crippen molar-refractivity contribution in [1.29, 1.82) is 0 Å². The summed E-state index contributed by atoms with van der Waals surface area (Å²) < 4.78 is 9.66. The minimum Gasteiger partial charge on any atom is -0.480 e. The number of hydroxylamine groups is 3. The number of hydrogen-bond acceptors (Lipinski definition) is 9. The minimum atomic E-state index is -1.03. The molecule has 2 N–H and O–H groups in total. The first-order chi connectivity index (χ1) is 13.9. The highest BCUT2D eigenvalue weighted by atomic mass is 35.5. The van der Waals surface area contributed by atoms with E-state index in [-0.39, 0.29) is 29.8 Å². The average molecular weight is 447 g/mol. The molecule has 0 aliphatic rings. The number of ether oxygens (including phenoxy) is 2. The normalized spacial score (nSPS) is 8.87. The molecule has 1 amide bonds. The first kappa shape index (κ1) is 29.2. The van der Waals surface area contributed by atoms with Crippen LogP contribution in [0, 0.1) is 0 Å². The van der Waals surface area contributed by atoms with Crippen molar-refractivity contribution in [3.8, 4) is 11.8 Å². The van der Waals surface area contributed by atoms with Gasteiger partial charge in [-0.3, -0.25) is 9.63 Å². The van der Waals surface area contributed by atoms with Crippen LogP contribution in [0.3, 0.4) is 0 Å². The van der Waals surface area contributed by atoms with Gasteiger partial charge in [-0.2, -0.15) is 0 Å². The number of pyridine rings is 2. The Kier molecular flexibility index (Phi) is 16.5. The van der Waals surface area contributed by atoms with Crippen LogP contribution in [0.4, 0.5) is 0 Å². The monoisotopic (exact) mass is 446 g/mol. The Hall–Kier alpha value is -2.99. The van der Waals surface area contributed by atoms with Gasteiger partial charge in [-0.1, -0.05) is 0 Å². The number of amides is 1. The van der Waals surface area contributed by atoms with Crippen LogP contribution in [-0.4, -0.2) is 74.5 Å². The van der Waals surface area contributed by atoms with Crippen LogP contribution in [0.5, 0.6) is 11.8 Å². The van der Waals surface area contributed by atoms with Gasteiger partial charge >= 0.3 is 5.97 Å². The van der Waals surface area contributed by atoms with E-state index in [1.807, 2.05) is 0 Å². The van der Waals surface area contributed by atoms with Gasteiger partial charge in [0.25, 0.3) is 5.91 Å². The summed E-state index contributed by atoms with van der Waals surface area (Å²) in [6, 6.07) is 6.28. The summed E-state index contributed by atoms with van der Waals surface area (Å²) in [7, 11) is 9.07. The Morgan fingerprint density at radius 1 is 0.967 bits per heavy atom. The average Bonchev–Trinajstić information content (AvgIpc) is 2.78. The Morgan fingerprint density at radius 3 is 1.73 bits per heavy atom. The Balaban J connectivity index is 0. The van der Waals surface area contributed by atoms with Gasteiger partial charge in [-0.05, 0) is 24.3 Å². The molecular formula is C18H27ClN4O7. The van der Waals surface area contributed by atoms with Crippen molar-refractivity contribution in [1.82, 2.24) is 20.5 Å². The standard InChI is InChI=1S/C9H12N2O3.C7H7NO3.C2H7NO.ClH/c1-11(14-3)9(12)7-5-4-6-10-8(7)13-2;1-11-6-5(7(9)10)3-2-4-8-6;1-3-4-2;/h4-6H,1-3H3;2-4H,1H3,(H,9,10);3H,1-2H3;1H. The van der Waals surface area contributed by atoms with E-state index in [1.54, 1.807) is 38.6 Å². The second-order valence-corrected chi connectivity index (χ2v) is 4.82. The zero-order valence-corrected chi connectivity index (χ0v) is 18.4. The molecule has 0 saturated carbocycles. The Labute approximate surface area is 181 Å². The molecule has 0 unspecified atom stereocenters. The Morgan fingerprint density at radius 2 is 1.40 bits per heavy atom. The molecule has 0 aliphatic heterocycles. The van der Waals surface area contributed by atoms with Crippen molar-refractivity contribution < 1.29 is 33.8 Å². The summed E-state index contributed by atoms with van der Waals surface area (Å²) in [4.78, 5) is 38.8. The van der Waals surface area contributed by atoms with Gasteiger partial charge in [0.2, 0.25) is 11.8 Å². The fourth-order valence-electron chi connectivity index (χ4n) is 1.69. The smallest absolute Gasteiger partial charge is 0.341 e. The van der Waals surface area contributed by atoms with Crippen molar-refractivity contribution in [3.63, 3.8) is 0 Å². The highest BCUT2D eigenvalue weighted by Crippen LogP contribution is 2.15. The number of carboxylic acid groups (broad SMARTS) is 1. The largest absolute Gasteiger partial charge is 0.480 e. The lowest BCUT2D eigenvalue weighted by molar-refractivity contribution is -0.0758. The van der Waals surface area contributed by atoms with Crippen molar-refractivity contribution in [2.24, 2.45) is 0 Å². The number of nitrogens with zero attached hydrogens (tertiary/aromatic N) is 3. The molecule has 30 heavy (non-hydrogen) atoms. The highest BCUT2D eigenvalue weighted by Gasteiger charge is 2.16. The number of aromatic carboxylic acids is 1. The van der Waals surface area contributed by atoms with E-state index < -0.39 is 5.97 Å². The number of nitrogens with one attached hydrogen (secondary N) is 1. The number of carbonyl (C=O) groups is 2. The zero-order valence-electron chi connectivity index (χ0n) is 17.6. The maximum absolute atomic E-state index is 11.6. The molecule has 0 aliphatic carbocycles. The number of hydrogen-bond donors (Lipinski definition) is 2. The second kappa shape index (κ2) is 16.9. The molecule has 0 spiro atoms. The zero-order chi connectivity index (χ0) is 22.2. The predicted molar refractivity (Wildman–Crippen MR) is 111 cm³/mol. The molecule has 0 aromatic carbocycles. The predicted octanol–water partition coefficient (Wildman–Crippen LogP) is 1.70. The molecule has 168 valence electrons. The maximum atomic E-state index is 11.6. The topological polar surface area (TPSA) is 132 Å². The lowest BCUT2D eigenvalue weighted by atomic mass is 10.2. The third-order valence-corrected chi connectivity index (χ3v) is 3.15. The van der Waals surface area contributed by atoms with Gasteiger partial charge in [0.1, 0.15) is 11.1 Å². The van der Waals surface area contributed by atoms with E-state index in [4.69, 9.17) is 19.4 Å². The van der Waals surface area contributed by atoms with Gasteiger partial charge in [0.15, 0.2) is 0 Å². The highest BCUT2D eigenvalue weighted by molar-refractivity contribution is 5.95. The molecule has 12 heteroatoms. The van der Waals surface area contributed by atoms with E-state index in [9.17, 15) is 9.59 Å². The Bertz CT molecular complexity index is 763. The number of carboxylic acids is 1. The number of carbonyl (C=O) groups excluding carboxylic acids is 1. The third kappa shape index (κ3) is 9.98. The van der Waals surface area contributed by atoms with Gasteiger partial charge in [0.05, 0.1) is 28.4 Å². The molecule has 0 radical (unpaired) electrons. The summed E-state index contributed by atoms with van der Waals surface area (Å²) in [5, 5.41) is 9.69. The maximum Gasteiger partial charge on any atom is 0.341 e. The van der Waals surface area contributed by atoms with Crippen LogP contribution >= 0.6 is 12.4 Å².